The van der Waals surface area contributed by atoms with Gasteiger partial charge in [0.15, 0.2) is 9.84 Å². The van der Waals surface area contributed by atoms with Gasteiger partial charge in [-0.3, -0.25) is 4.79 Å². The van der Waals surface area contributed by atoms with E-state index in [2.05, 4.69) is 5.32 Å². The quantitative estimate of drug-likeness (QED) is 0.820. The molecule has 0 aliphatic rings. The molecule has 1 aromatic carbocycles. The van der Waals surface area contributed by atoms with E-state index in [-0.39, 0.29) is 17.3 Å². The Kier molecular flexibility index (Phi) is 5.45. The van der Waals surface area contributed by atoms with E-state index in [0.717, 1.165) is 12.1 Å². The zero-order chi connectivity index (χ0) is 18.0. The minimum atomic E-state index is -3.75. The fourth-order valence-electron chi connectivity index (χ4n) is 2.08. The number of sulfone groups is 1. The summed E-state index contributed by atoms with van der Waals surface area (Å²) in [5.74, 6) is -0.721. The Morgan fingerprint density at radius 1 is 1.21 bits per heavy atom. The monoisotopic (exact) mass is 369 g/mol. The average molecular weight is 369 g/mol. The van der Waals surface area contributed by atoms with Crippen molar-refractivity contribution in [2.75, 3.05) is 6.54 Å². The van der Waals surface area contributed by atoms with Crippen molar-refractivity contribution in [1.82, 2.24) is 5.32 Å². The van der Waals surface area contributed by atoms with Crippen LogP contribution in [0, 0.1) is 11.2 Å². The molecule has 1 atom stereocenters. The highest BCUT2D eigenvalue weighted by atomic mass is 32.2. The molecule has 24 heavy (non-hydrogen) atoms. The Morgan fingerprint density at radius 2 is 1.83 bits per heavy atom. The van der Waals surface area contributed by atoms with Crippen LogP contribution >= 0.6 is 11.3 Å². The highest BCUT2D eigenvalue weighted by molar-refractivity contribution is 7.91. The second-order valence-electron chi connectivity index (χ2n) is 6.46. The predicted molar refractivity (Wildman–Crippen MR) is 93.1 cm³/mol. The van der Waals surface area contributed by atoms with E-state index in [1.165, 1.54) is 23.5 Å². The molecular formula is C17H20FNO3S2. The van der Waals surface area contributed by atoms with E-state index in [1.807, 2.05) is 0 Å². The van der Waals surface area contributed by atoms with Crippen molar-refractivity contribution < 1.29 is 17.6 Å². The molecule has 1 N–H and O–H groups in total. The van der Waals surface area contributed by atoms with Gasteiger partial charge in [0.05, 0.1) is 4.90 Å². The second kappa shape index (κ2) is 7.03. The van der Waals surface area contributed by atoms with Crippen molar-refractivity contribution in [3.8, 4) is 0 Å². The van der Waals surface area contributed by atoms with Crippen LogP contribution in [-0.4, -0.2) is 20.9 Å². The molecule has 0 radical (unpaired) electrons. The number of carbonyl (C=O) groups excluding carboxylic acids is 1. The highest BCUT2D eigenvalue weighted by Crippen LogP contribution is 2.31. The molecule has 0 saturated carbocycles. The zero-order valence-electron chi connectivity index (χ0n) is 13.7. The minimum Gasteiger partial charge on any atom is -0.354 e. The van der Waals surface area contributed by atoms with Crippen LogP contribution in [0.5, 0.6) is 0 Å². The van der Waals surface area contributed by atoms with E-state index in [4.69, 9.17) is 0 Å². The Labute approximate surface area is 145 Å². The molecule has 7 heteroatoms. The van der Waals surface area contributed by atoms with Crippen molar-refractivity contribution >= 4 is 27.1 Å². The van der Waals surface area contributed by atoms with Gasteiger partial charge >= 0.3 is 0 Å². The second-order valence-corrected chi connectivity index (χ2v) is 9.57. The summed E-state index contributed by atoms with van der Waals surface area (Å²) < 4.78 is 39.0. The molecule has 2 aromatic rings. The van der Waals surface area contributed by atoms with Crippen molar-refractivity contribution in [1.29, 1.82) is 0 Å². The summed E-state index contributed by atoms with van der Waals surface area (Å²) in [4.78, 5) is 12.8. The number of benzene rings is 1. The number of rotatable bonds is 5. The Balaban J connectivity index is 2.33. The van der Waals surface area contributed by atoms with Gasteiger partial charge in [0.1, 0.15) is 11.1 Å². The third-order valence-corrected chi connectivity index (χ3v) is 6.74. The smallest absolute Gasteiger partial charge is 0.225 e. The summed E-state index contributed by atoms with van der Waals surface area (Å²) in [5, 5.41) is 3.59. The van der Waals surface area contributed by atoms with Crippen LogP contribution in [0.15, 0.2) is 46.7 Å². The van der Waals surface area contributed by atoms with Crippen molar-refractivity contribution in [2.45, 2.75) is 30.9 Å². The Bertz CT molecular complexity index is 791. The van der Waals surface area contributed by atoms with Gasteiger partial charge in [-0.15, -0.1) is 11.3 Å². The molecule has 0 saturated heterocycles. The van der Waals surface area contributed by atoms with E-state index in [9.17, 15) is 17.6 Å². The van der Waals surface area contributed by atoms with Crippen molar-refractivity contribution in [3.63, 3.8) is 0 Å². The van der Waals surface area contributed by atoms with Crippen molar-refractivity contribution in [3.05, 3.63) is 52.5 Å². The third kappa shape index (κ3) is 4.21. The summed E-state index contributed by atoms with van der Waals surface area (Å²) in [6.45, 7) is 5.25. The third-order valence-electron chi connectivity index (χ3n) is 3.51. The Hall–Kier alpha value is -1.73. The fourth-order valence-corrected chi connectivity index (χ4v) is 4.86. The lowest BCUT2D eigenvalue weighted by atomic mass is 9.96. The van der Waals surface area contributed by atoms with Crippen LogP contribution < -0.4 is 5.32 Å². The molecule has 0 bridgehead atoms. The maximum atomic E-state index is 13.1. The van der Waals surface area contributed by atoms with Crippen LogP contribution in [0.4, 0.5) is 4.39 Å². The molecule has 130 valence electrons. The maximum absolute atomic E-state index is 13.1. The number of hydrogen-bond acceptors (Lipinski definition) is 4. The summed E-state index contributed by atoms with van der Waals surface area (Å²) in [7, 11) is -3.75. The number of hydrogen-bond donors (Lipinski definition) is 1. The highest BCUT2D eigenvalue weighted by Gasteiger charge is 2.32. The lowest BCUT2D eigenvalue weighted by molar-refractivity contribution is -0.128. The SMILES string of the molecule is CC(C)(C)C(=O)NC[C@@H](c1cccs1)S(=O)(=O)c1ccc(F)cc1. The van der Waals surface area contributed by atoms with Crippen LogP contribution in [0.2, 0.25) is 0 Å². The molecule has 0 aliphatic heterocycles. The predicted octanol–water partition coefficient (Wildman–Crippen LogP) is 3.56. The van der Waals surface area contributed by atoms with E-state index >= 15 is 0 Å². The fraction of sp³-hybridized carbons (Fsp3) is 0.353. The minimum absolute atomic E-state index is 0.0314. The van der Waals surface area contributed by atoms with Gasteiger partial charge in [-0.05, 0) is 35.7 Å². The van der Waals surface area contributed by atoms with Crippen LogP contribution in [-0.2, 0) is 14.6 Å². The topological polar surface area (TPSA) is 63.2 Å². The van der Waals surface area contributed by atoms with E-state index in [0.29, 0.717) is 4.88 Å². The van der Waals surface area contributed by atoms with E-state index in [1.54, 1.807) is 38.3 Å². The molecule has 1 aromatic heterocycles. The number of halogens is 1. The first-order valence-corrected chi connectivity index (χ1v) is 9.86. The van der Waals surface area contributed by atoms with E-state index < -0.39 is 26.3 Å². The molecule has 0 unspecified atom stereocenters. The van der Waals surface area contributed by atoms with Crippen LogP contribution in [0.1, 0.15) is 30.9 Å². The van der Waals surface area contributed by atoms with Crippen LogP contribution in [0.25, 0.3) is 0 Å². The van der Waals surface area contributed by atoms with Gasteiger partial charge in [0.25, 0.3) is 0 Å². The molecule has 1 amide bonds. The summed E-state index contributed by atoms with van der Waals surface area (Å²) in [5.41, 5.74) is -0.611. The molecule has 1 heterocycles. The lowest BCUT2D eigenvalue weighted by Crippen LogP contribution is -2.38. The first-order chi connectivity index (χ1) is 11.1. The van der Waals surface area contributed by atoms with Gasteiger partial charge in [0, 0.05) is 16.8 Å². The summed E-state index contributed by atoms with van der Waals surface area (Å²) >= 11 is 1.31. The van der Waals surface area contributed by atoms with Gasteiger partial charge in [-0.1, -0.05) is 26.8 Å². The normalized spacial score (nSPS) is 13.5. The first kappa shape index (κ1) is 18.6. The largest absolute Gasteiger partial charge is 0.354 e. The number of carbonyl (C=O) groups is 1. The summed E-state index contributed by atoms with van der Waals surface area (Å²) in [6.07, 6.45) is 0. The van der Waals surface area contributed by atoms with Crippen LogP contribution in [0.3, 0.4) is 0 Å². The van der Waals surface area contributed by atoms with Gasteiger partial charge in [-0.2, -0.15) is 0 Å². The maximum Gasteiger partial charge on any atom is 0.225 e. The molecule has 0 aliphatic carbocycles. The number of thiophene rings is 1. The number of nitrogens with one attached hydrogen (secondary N) is 1. The molecule has 2 rings (SSSR count). The molecule has 4 nitrogen and oxygen atoms in total. The average Bonchev–Trinajstić information content (AvgIpc) is 3.00. The first-order valence-electron chi connectivity index (χ1n) is 7.43. The molecule has 0 fully saturated rings. The van der Waals surface area contributed by atoms with Crippen molar-refractivity contribution in [2.24, 2.45) is 5.41 Å². The lowest BCUT2D eigenvalue weighted by Gasteiger charge is -2.21. The summed E-state index contributed by atoms with van der Waals surface area (Å²) in [6, 6.07) is 8.21. The zero-order valence-corrected chi connectivity index (χ0v) is 15.4. The molecule has 0 spiro atoms. The van der Waals surface area contributed by atoms with Gasteiger partial charge in [-0.25, -0.2) is 12.8 Å². The van der Waals surface area contributed by atoms with Gasteiger partial charge in [0.2, 0.25) is 5.91 Å². The molecular weight excluding hydrogens is 349 g/mol. The van der Waals surface area contributed by atoms with Gasteiger partial charge < -0.3 is 5.32 Å². The Morgan fingerprint density at radius 3 is 2.33 bits per heavy atom. The number of amides is 1. The standard InChI is InChI=1S/C17H20FNO3S2/c1-17(2,3)16(20)19-11-15(14-5-4-10-23-14)24(21,22)13-8-6-12(18)7-9-13/h4-10,15H,11H2,1-3H3,(H,19,20)/t15-/m0/s1.